The quantitative estimate of drug-likeness (QED) is 0.789. The predicted molar refractivity (Wildman–Crippen MR) is 60.9 cm³/mol. The lowest BCUT2D eigenvalue weighted by Crippen LogP contribution is -1.83. The van der Waals surface area contributed by atoms with E-state index in [0.717, 1.165) is 16.4 Å². The van der Waals surface area contributed by atoms with Gasteiger partial charge in [-0.15, -0.1) is 11.8 Å². The van der Waals surface area contributed by atoms with Crippen molar-refractivity contribution in [2.75, 3.05) is 0 Å². The summed E-state index contributed by atoms with van der Waals surface area (Å²) in [4.78, 5) is 4.87. The second-order valence-electron chi connectivity index (χ2n) is 2.71. The van der Waals surface area contributed by atoms with Crippen molar-refractivity contribution in [3.05, 3.63) is 40.4 Å². The first-order chi connectivity index (χ1) is 7.24. The highest BCUT2D eigenvalue weighted by molar-refractivity contribution is 7.98. The summed E-state index contributed by atoms with van der Waals surface area (Å²) < 4.78 is 17.3. The molecule has 0 spiro atoms. The molecule has 0 atom stereocenters. The van der Waals surface area contributed by atoms with E-state index in [9.17, 15) is 4.39 Å². The zero-order valence-electron chi connectivity index (χ0n) is 7.48. The summed E-state index contributed by atoms with van der Waals surface area (Å²) in [5, 5.41) is 0. The van der Waals surface area contributed by atoms with Crippen LogP contribution in [-0.4, -0.2) is 9.36 Å². The summed E-state index contributed by atoms with van der Waals surface area (Å²) in [6.07, 6.45) is 0. The molecule has 0 amide bonds. The van der Waals surface area contributed by atoms with Crippen LogP contribution in [0.4, 0.5) is 4.39 Å². The van der Waals surface area contributed by atoms with Crippen LogP contribution in [-0.2, 0) is 5.75 Å². The van der Waals surface area contributed by atoms with Crippen molar-refractivity contribution in [3.63, 3.8) is 0 Å². The van der Waals surface area contributed by atoms with Gasteiger partial charge in [0.05, 0.1) is 5.75 Å². The van der Waals surface area contributed by atoms with Crippen molar-refractivity contribution in [3.8, 4) is 0 Å². The molecule has 0 fully saturated rings. The maximum atomic E-state index is 12.8. The molecule has 1 heterocycles. The molecule has 0 saturated heterocycles. The minimum atomic E-state index is -0.232. The molecule has 0 radical (unpaired) electrons. The molecule has 0 aliphatic rings. The first kappa shape index (κ1) is 10.9. The van der Waals surface area contributed by atoms with Crippen LogP contribution in [0.15, 0.2) is 29.2 Å². The zero-order valence-corrected chi connectivity index (χ0v) is 9.87. The van der Waals surface area contributed by atoms with Gasteiger partial charge < -0.3 is 0 Å². The Morgan fingerprint density at radius 3 is 3.00 bits per heavy atom. The van der Waals surface area contributed by atoms with Gasteiger partial charge >= 0.3 is 0 Å². The lowest BCUT2D eigenvalue weighted by molar-refractivity contribution is 0.624. The molecule has 0 N–H and O–H groups in total. The minimum absolute atomic E-state index is 0.232. The number of nitrogens with zero attached hydrogens (tertiary/aromatic N) is 2. The van der Waals surface area contributed by atoms with Crippen molar-refractivity contribution in [2.45, 2.75) is 10.6 Å². The van der Waals surface area contributed by atoms with Gasteiger partial charge in [0, 0.05) is 4.90 Å². The SMILES string of the molecule is Fc1cccc(SCc2nsc(Cl)n2)c1. The molecule has 0 bridgehead atoms. The van der Waals surface area contributed by atoms with Crippen molar-refractivity contribution in [1.82, 2.24) is 9.36 Å². The lowest BCUT2D eigenvalue weighted by Gasteiger charge is -1.97. The summed E-state index contributed by atoms with van der Waals surface area (Å²) in [5.41, 5.74) is 0. The second kappa shape index (κ2) is 4.92. The van der Waals surface area contributed by atoms with Crippen LogP contribution in [0.1, 0.15) is 5.82 Å². The van der Waals surface area contributed by atoms with Crippen LogP contribution in [0, 0.1) is 5.82 Å². The second-order valence-corrected chi connectivity index (χ2v) is 5.09. The molecule has 0 aliphatic heterocycles. The molecular formula is C9H6ClFN2S2. The number of halogens is 2. The average Bonchev–Trinajstić information content (AvgIpc) is 2.62. The van der Waals surface area contributed by atoms with E-state index < -0.39 is 0 Å². The molecule has 0 unspecified atom stereocenters. The summed E-state index contributed by atoms with van der Waals surface area (Å²) >= 11 is 8.29. The Morgan fingerprint density at radius 1 is 1.47 bits per heavy atom. The third-order valence-corrected chi connectivity index (χ3v) is 3.43. The van der Waals surface area contributed by atoms with E-state index in [1.54, 1.807) is 6.07 Å². The van der Waals surface area contributed by atoms with E-state index in [-0.39, 0.29) is 5.82 Å². The first-order valence-corrected chi connectivity index (χ1v) is 6.24. The van der Waals surface area contributed by atoms with Gasteiger partial charge in [-0.2, -0.15) is 4.37 Å². The minimum Gasteiger partial charge on any atom is -0.207 e. The van der Waals surface area contributed by atoms with Crippen LogP contribution < -0.4 is 0 Å². The summed E-state index contributed by atoms with van der Waals surface area (Å²) in [7, 11) is 0. The highest BCUT2D eigenvalue weighted by Gasteiger charge is 2.03. The highest BCUT2D eigenvalue weighted by atomic mass is 35.5. The van der Waals surface area contributed by atoms with Gasteiger partial charge in [-0.3, -0.25) is 0 Å². The molecular weight excluding hydrogens is 255 g/mol. The van der Waals surface area contributed by atoms with Gasteiger partial charge in [-0.1, -0.05) is 6.07 Å². The fourth-order valence-electron chi connectivity index (χ4n) is 0.996. The van der Waals surface area contributed by atoms with E-state index in [1.165, 1.54) is 23.9 Å². The van der Waals surface area contributed by atoms with Gasteiger partial charge in [0.1, 0.15) is 5.82 Å². The Hall–Kier alpha value is -0.650. The van der Waals surface area contributed by atoms with Crippen molar-refractivity contribution in [1.29, 1.82) is 0 Å². The van der Waals surface area contributed by atoms with E-state index >= 15 is 0 Å². The third-order valence-electron chi connectivity index (χ3n) is 1.61. The molecule has 2 rings (SSSR count). The number of thioether (sulfide) groups is 1. The Labute approximate surface area is 99.7 Å². The number of hydrogen-bond acceptors (Lipinski definition) is 4. The maximum absolute atomic E-state index is 12.8. The lowest BCUT2D eigenvalue weighted by atomic mass is 10.4. The Morgan fingerprint density at radius 2 is 2.33 bits per heavy atom. The Balaban J connectivity index is 1.99. The van der Waals surface area contributed by atoms with Crippen LogP contribution in [0.2, 0.25) is 4.47 Å². The van der Waals surface area contributed by atoms with Crippen LogP contribution >= 0.6 is 34.9 Å². The molecule has 15 heavy (non-hydrogen) atoms. The molecule has 78 valence electrons. The summed E-state index contributed by atoms with van der Waals surface area (Å²) in [5.74, 6) is 1.05. The third kappa shape index (κ3) is 3.15. The molecule has 2 nitrogen and oxygen atoms in total. The van der Waals surface area contributed by atoms with E-state index in [4.69, 9.17) is 11.6 Å². The Bertz CT molecular complexity index is 461. The topological polar surface area (TPSA) is 25.8 Å². The summed E-state index contributed by atoms with van der Waals surface area (Å²) in [6, 6.07) is 6.43. The van der Waals surface area contributed by atoms with Crippen LogP contribution in [0.3, 0.4) is 0 Å². The van der Waals surface area contributed by atoms with Gasteiger partial charge in [-0.05, 0) is 41.3 Å². The van der Waals surface area contributed by atoms with Crippen molar-refractivity contribution >= 4 is 34.9 Å². The van der Waals surface area contributed by atoms with Crippen molar-refractivity contribution in [2.24, 2.45) is 0 Å². The fourth-order valence-corrected chi connectivity index (χ4v) is 2.51. The molecule has 6 heteroatoms. The monoisotopic (exact) mass is 260 g/mol. The number of aromatic nitrogens is 2. The van der Waals surface area contributed by atoms with Crippen LogP contribution in [0.25, 0.3) is 0 Å². The smallest absolute Gasteiger partial charge is 0.203 e. The van der Waals surface area contributed by atoms with Crippen LogP contribution in [0.5, 0.6) is 0 Å². The summed E-state index contributed by atoms with van der Waals surface area (Å²) in [6.45, 7) is 0. The predicted octanol–water partition coefficient (Wildman–Crippen LogP) is 3.62. The largest absolute Gasteiger partial charge is 0.207 e. The van der Waals surface area contributed by atoms with Gasteiger partial charge in [0.2, 0.25) is 4.47 Å². The maximum Gasteiger partial charge on any atom is 0.203 e. The molecule has 1 aromatic carbocycles. The van der Waals surface area contributed by atoms with E-state index in [2.05, 4.69) is 9.36 Å². The Kier molecular flexibility index (Phi) is 3.56. The van der Waals surface area contributed by atoms with Gasteiger partial charge in [0.25, 0.3) is 0 Å². The first-order valence-electron chi connectivity index (χ1n) is 4.10. The van der Waals surface area contributed by atoms with Gasteiger partial charge in [0.15, 0.2) is 5.82 Å². The van der Waals surface area contributed by atoms with E-state index in [1.807, 2.05) is 6.07 Å². The molecule has 0 aliphatic carbocycles. The number of hydrogen-bond donors (Lipinski definition) is 0. The van der Waals surface area contributed by atoms with E-state index in [0.29, 0.717) is 16.0 Å². The zero-order chi connectivity index (χ0) is 10.7. The highest BCUT2D eigenvalue weighted by Crippen LogP contribution is 2.23. The molecule has 2 aromatic rings. The van der Waals surface area contributed by atoms with Gasteiger partial charge in [-0.25, -0.2) is 9.37 Å². The standard InChI is InChI=1S/C9H6ClFN2S2/c10-9-12-8(13-15-9)5-14-7-3-1-2-6(11)4-7/h1-4H,5H2. The molecule has 1 aromatic heterocycles. The molecule has 0 saturated carbocycles. The number of benzene rings is 1. The number of rotatable bonds is 3. The fraction of sp³-hybridized carbons (Fsp3) is 0.111. The normalized spacial score (nSPS) is 10.5. The average molecular weight is 261 g/mol. The van der Waals surface area contributed by atoms with Crippen molar-refractivity contribution < 1.29 is 4.39 Å².